The highest BCUT2D eigenvalue weighted by molar-refractivity contribution is 6.42. The summed E-state index contributed by atoms with van der Waals surface area (Å²) in [6.45, 7) is 1.63. The molecule has 1 fully saturated rings. The maximum Gasteiger partial charge on any atom is 0.206 e. The molecule has 0 amide bonds. The van der Waals surface area contributed by atoms with Gasteiger partial charge in [-0.1, -0.05) is 0 Å². The number of nitrogens with one attached hydrogen (secondary N) is 2. The van der Waals surface area contributed by atoms with Crippen LogP contribution in [0.15, 0.2) is 21.5 Å². The van der Waals surface area contributed by atoms with Crippen molar-refractivity contribution in [3.63, 3.8) is 0 Å². The van der Waals surface area contributed by atoms with Crippen LogP contribution in [0.2, 0.25) is 0 Å². The molecular formula is C10H13N5O3. The largest absolute Gasteiger partial charge is 0.385 e. The lowest BCUT2D eigenvalue weighted by Gasteiger charge is -2.17. The lowest BCUT2D eigenvalue weighted by atomic mass is 10.1. The van der Waals surface area contributed by atoms with Gasteiger partial charge in [-0.3, -0.25) is 4.79 Å². The molecule has 0 aromatic carbocycles. The number of ether oxygens (including phenoxy) is 1. The molecular weight excluding hydrogens is 238 g/mol. The van der Waals surface area contributed by atoms with Crippen molar-refractivity contribution in [2.75, 3.05) is 6.54 Å². The Kier molecular flexibility index (Phi) is 2.35. The minimum Gasteiger partial charge on any atom is -0.385 e. The maximum atomic E-state index is 11.7. The SMILES string of the molecule is CC(O)C(=O)C1=NC2=C(N=C(N)NC3OC23)NC1. The molecule has 0 saturated carbocycles. The molecule has 0 aromatic heterocycles. The van der Waals surface area contributed by atoms with Crippen molar-refractivity contribution >= 4 is 17.5 Å². The highest BCUT2D eigenvalue weighted by Gasteiger charge is 2.47. The van der Waals surface area contributed by atoms with Gasteiger partial charge in [-0.15, -0.1) is 0 Å². The summed E-state index contributed by atoms with van der Waals surface area (Å²) in [7, 11) is 0. The van der Waals surface area contributed by atoms with Crippen molar-refractivity contribution in [3.05, 3.63) is 11.5 Å². The Labute approximate surface area is 103 Å². The van der Waals surface area contributed by atoms with E-state index in [-0.39, 0.29) is 30.5 Å². The topological polar surface area (TPSA) is 125 Å². The monoisotopic (exact) mass is 251 g/mol. The van der Waals surface area contributed by atoms with Crippen molar-refractivity contribution in [3.8, 4) is 0 Å². The van der Waals surface area contributed by atoms with E-state index in [1.807, 2.05) is 0 Å². The highest BCUT2D eigenvalue weighted by atomic mass is 16.6. The molecule has 0 spiro atoms. The maximum absolute atomic E-state index is 11.7. The average molecular weight is 251 g/mol. The fraction of sp³-hybridized carbons (Fsp3) is 0.500. The molecule has 3 aliphatic rings. The zero-order valence-electron chi connectivity index (χ0n) is 9.67. The summed E-state index contributed by atoms with van der Waals surface area (Å²) in [5, 5.41) is 15.1. The normalized spacial score (nSPS) is 30.8. The van der Waals surface area contributed by atoms with Gasteiger partial charge in [0.1, 0.15) is 17.5 Å². The van der Waals surface area contributed by atoms with E-state index in [4.69, 9.17) is 10.5 Å². The molecule has 8 heteroatoms. The van der Waals surface area contributed by atoms with Crippen LogP contribution in [0.25, 0.3) is 0 Å². The van der Waals surface area contributed by atoms with Crippen LogP contribution in [-0.2, 0) is 9.53 Å². The quantitative estimate of drug-likeness (QED) is 0.412. The van der Waals surface area contributed by atoms with Gasteiger partial charge in [0.25, 0.3) is 0 Å². The molecule has 0 aliphatic carbocycles. The third kappa shape index (κ3) is 1.75. The zero-order valence-corrected chi connectivity index (χ0v) is 9.67. The van der Waals surface area contributed by atoms with Crippen LogP contribution >= 0.6 is 0 Å². The Hall–Kier alpha value is -1.93. The number of fused-ring (bicyclic) bond motifs is 2. The van der Waals surface area contributed by atoms with E-state index in [0.29, 0.717) is 11.5 Å². The molecule has 5 N–H and O–H groups in total. The fourth-order valence-electron chi connectivity index (χ4n) is 1.90. The molecule has 3 unspecified atom stereocenters. The van der Waals surface area contributed by atoms with Gasteiger partial charge in [0, 0.05) is 0 Å². The van der Waals surface area contributed by atoms with Crippen molar-refractivity contribution in [1.82, 2.24) is 10.6 Å². The molecule has 18 heavy (non-hydrogen) atoms. The molecule has 3 aliphatic heterocycles. The van der Waals surface area contributed by atoms with Crippen molar-refractivity contribution in [2.45, 2.75) is 25.4 Å². The van der Waals surface area contributed by atoms with E-state index in [1.54, 1.807) is 0 Å². The van der Waals surface area contributed by atoms with Crippen LogP contribution in [0.4, 0.5) is 0 Å². The van der Waals surface area contributed by atoms with E-state index in [2.05, 4.69) is 20.6 Å². The summed E-state index contributed by atoms with van der Waals surface area (Å²) in [6.07, 6.45) is -1.57. The lowest BCUT2D eigenvalue weighted by molar-refractivity contribution is -0.119. The fourth-order valence-corrected chi connectivity index (χ4v) is 1.90. The zero-order chi connectivity index (χ0) is 12.9. The predicted molar refractivity (Wildman–Crippen MR) is 62.6 cm³/mol. The second-order valence-corrected chi connectivity index (χ2v) is 4.30. The highest BCUT2D eigenvalue weighted by Crippen LogP contribution is 2.32. The van der Waals surface area contributed by atoms with Gasteiger partial charge < -0.3 is 26.2 Å². The van der Waals surface area contributed by atoms with E-state index in [0.717, 1.165) is 0 Å². The number of Topliss-reactive ketones (excluding diaryl/α,β-unsaturated/α-hetero) is 1. The summed E-state index contributed by atoms with van der Waals surface area (Å²) in [4.78, 5) is 20.0. The third-order valence-corrected chi connectivity index (χ3v) is 2.87. The van der Waals surface area contributed by atoms with Gasteiger partial charge in [0.15, 0.2) is 24.1 Å². The Morgan fingerprint density at radius 3 is 3.11 bits per heavy atom. The number of nitrogens with two attached hydrogens (primary N) is 1. The number of epoxide rings is 1. The van der Waals surface area contributed by atoms with Gasteiger partial charge in [-0.25, -0.2) is 4.99 Å². The Morgan fingerprint density at radius 1 is 1.61 bits per heavy atom. The number of aliphatic hydroxyl groups excluding tert-OH is 1. The number of hydrogen-bond donors (Lipinski definition) is 4. The Morgan fingerprint density at radius 2 is 2.39 bits per heavy atom. The van der Waals surface area contributed by atoms with Crippen molar-refractivity contribution in [1.29, 1.82) is 0 Å². The first-order valence-electron chi connectivity index (χ1n) is 5.60. The van der Waals surface area contributed by atoms with E-state index in [9.17, 15) is 9.90 Å². The molecule has 8 nitrogen and oxygen atoms in total. The smallest absolute Gasteiger partial charge is 0.206 e. The second-order valence-electron chi connectivity index (χ2n) is 4.30. The summed E-state index contributed by atoms with van der Waals surface area (Å²) >= 11 is 0. The van der Waals surface area contributed by atoms with Crippen LogP contribution in [0.5, 0.6) is 0 Å². The second kappa shape index (κ2) is 3.79. The van der Waals surface area contributed by atoms with Crippen LogP contribution in [0.1, 0.15) is 6.92 Å². The molecule has 96 valence electrons. The molecule has 1 saturated heterocycles. The van der Waals surface area contributed by atoms with Gasteiger partial charge in [-0.05, 0) is 6.92 Å². The number of aliphatic imine (C=N–C) groups is 2. The summed E-state index contributed by atoms with van der Waals surface area (Å²) in [6, 6.07) is 0. The number of guanidine groups is 1. The van der Waals surface area contributed by atoms with Crippen molar-refractivity contribution in [2.24, 2.45) is 15.7 Å². The molecule has 0 radical (unpaired) electrons. The molecule has 3 atom stereocenters. The first-order chi connectivity index (χ1) is 8.56. The molecule has 3 heterocycles. The summed E-state index contributed by atoms with van der Waals surface area (Å²) in [5.74, 6) is 0.355. The third-order valence-electron chi connectivity index (χ3n) is 2.87. The number of carbonyl (C=O) groups excluding carboxylic acids is 1. The lowest BCUT2D eigenvalue weighted by Crippen LogP contribution is -2.37. The average Bonchev–Trinajstić information content (AvgIpc) is 3.07. The van der Waals surface area contributed by atoms with Gasteiger partial charge in [0.2, 0.25) is 5.78 Å². The standard InChI is InChI=1S/C10H13N5O3/c1-3(16)6(17)4-2-12-8-5(13-4)7-9(18-7)15-10(11)14-8/h3,7,9,12,16H,2H2,1H3,(H3,11,14,15). The number of carbonyl (C=O) groups is 1. The number of ketones is 1. The van der Waals surface area contributed by atoms with Crippen molar-refractivity contribution < 1.29 is 14.6 Å². The van der Waals surface area contributed by atoms with Gasteiger partial charge in [0.05, 0.1) is 6.54 Å². The Balaban J connectivity index is 1.95. The van der Waals surface area contributed by atoms with Gasteiger partial charge >= 0.3 is 0 Å². The van der Waals surface area contributed by atoms with Crippen LogP contribution < -0.4 is 16.4 Å². The minimum absolute atomic E-state index is 0.219. The molecule has 3 rings (SSSR count). The van der Waals surface area contributed by atoms with Crippen LogP contribution in [0.3, 0.4) is 0 Å². The summed E-state index contributed by atoms with van der Waals surface area (Å²) < 4.78 is 5.34. The van der Waals surface area contributed by atoms with E-state index < -0.39 is 11.9 Å². The van der Waals surface area contributed by atoms with Crippen LogP contribution in [-0.4, -0.2) is 47.5 Å². The predicted octanol–water partition coefficient (Wildman–Crippen LogP) is -2.21. The molecule has 0 aromatic rings. The van der Waals surface area contributed by atoms with Crippen LogP contribution in [0, 0.1) is 0 Å². The first-order valence-corrected chi connectivity index (χ1v) is 5.60. The first kappa shape index (κ1) is 11.2. The van der Waals surface area contributed by atoms with E-state index in [1.165, 1.54) is 6.92 Å². The number of hydrogen-bond acceptors (Lipinski definition) is 8. The number of nitrogens with zero attached hydrogens (tertiary/aromatic N) is 2. The van der Waals surface area contributed by atoms with E-state index >= 15 is 0 Å². The number of aliphatic hydroxyl groups is 1. The Bertz CT molecular complexity index is 508. The summed E-state index contributed by atoms with van der Waals surface area (Å²) in [5.41, 5.74) is 6.45. The van der Waals surface area contributed by atoms with Gasteiger partial charge in [-0.2, -0.15) is 4.99 Å². The molecule has 0 bridgehead atoms. The minimum atomic E-state index is -1.07. The number of rotatable bonds is 2.